The SMILES string of the molecule is COCc1nc(C(=O)NC(C)(C(=O)O)c2ccc(Cl)c(Cl)c2)cs1. The fraction of sp³-hybridized carbons (Fsp3) is 0.267. The second kappa shape index (κ2) is 7.48. The lowest BCUT2D eigenvalue weighted by Gasteiger charge is -2.26. The summed E-state index contributed by atoms with van der Waals surface area (Å²) in [6, 6.07) is 4.39. The standard InChI is InChI=1S/C15H14Cl2N2O4S/c1-15(14(21)22,8-3-4-9(16)10(17)5-8)19-13(20)11-7-24-12(18-11)6-23-2/h3-5,7H,6H2,1-2H3,(H,19,20)(H,21,22). The lowest BCUT2D eigenvalue weighted by molar-refractivity contribution is -0.144. The van der Waals surface area contributed by atoms with Crippen molar-refractivity contribution in [2.45, 2.75) is 19.1 Å². The lowest BCUT2D eigenvalue weighted by Crippen LogP contribution is -2.49. The number of aromatic nitrogens is 1. The van der Waals surface area contributed by atoms with Crippen LogP contribution in [-0.2, 0) is 21.7 Å². The van der Waals surface area contributed by atoms with E-state index in [2.05, 4.69) is 10.3 Å². The van der Waals surface area contributed by atoms with Gasteiger partial charge in [0.1, 0.15) is 10.7 Å². The van der Waals surface area contributed by atoms with Crippen LogP contribution in [0, 0.1) is 0 Å². The zero-order chi connectivity index (χ0) is 17.9. The van der Waals surface area contributed by atoms with Crippen molar-refractivity contribution in [2.75, 3.05) is 7.11 Å². The van der Waals surface area contributed by atoms with Crippen molar-refractivity contribution in [3.8, 4) is 0 Å². The fourth-order valence-electron chi connectivity index (χ4n) is 1.95. The smallest absolute Gasteiger partial charge is 0.333 e. The Labute approximate surface area is 152 Å². The van der Waals surface area contributed by atoms with E-state index in [4.69, 9.17) is 27.9 Å². The van der Waals surface area contributed by atoms with E-state index in [9.17, 15) is 14.7 Å². The number of hydrogen-bond acceptors (Lipinski definition) is 5. The molecule has 1 aromatic heterocycles. The van der Waals surface area contributed by atoms with Crippen molar-refractivity contribution in [3.63, 3.8) is 0 Å². The van der Waals surface area contributed by atoms with Crippen LogP contribution in [0.3, 0.4) is 0 Å². The van der Waals surface area contributed by atoms with Gasteiger partial charge in [0.05, 0.1) is 16.7 Å². The minimum absolute atomic E-state index is 0.125. The quantitative estimate of drug-likeness (QED) is 0.791. The zero-order valence-electron chi connectivity index (χ0n) is 12.8. The molecule has 0 aliphatic heterocycles. The number of benzene rings is 1. The Bertz CT molecular complexity index is 781. The van der Waals surface area contributed by atoms with Crippen molar-refractivity contribution >= 4 is 46.4 Å². The average Bonchev–Trinajstić information content (AvgIpc) is 2.99. The van der Waals surface area contributed by atoms with Gasteiger partial charge in [-0.15, -0.1) is 11.3 Å². The van der Waals surface area contributed by atoms with Gasteiger partial charge in [-0.25, -0.2) is 9.78 Å². The molecule has 1 amide bonds. The van der Waals surface area contributed by atoms with Crippen molar-refractivity contribution in [2.24, 2.45) is 0 Å². The van der Waals surface area contributed by atoms with Crippen LogP contribution in [0.25, 0.3) is 0 Å². The minimum Gasteiger partial charge on any atom is -0.479 e. The summed E-state index contributed by atoms with van der Waals surface area (Å²) in [6.45, 7) is 1.65. The number of rotatable bonds is 6. The molecule has 1 heterocycles. The summed E-state index contributed by atoms with van der Waals surface area (Å²) in [5.41, 5.74) is -1.26. The Hall–Kier alpha value is -1.67. The summed E-state index contributed by atoms with van der Waals surface area (Å²) < 4.78 is 4.95. The van der Waals surface area contributed by atoms with Crippen molar-refractivity contribution in [1.82, 2.24) is 10.3 Å². The number of amides is 1. The van der Waals surface area contributed by atoms with Crippen LogP contribution in [0.15, 0.2) is 23.6 Å². The first-order chi connectivity index (χ1) is 11.3. The molecule has 0 aliphatic rings. The zero-order valence-corrected chi connectivity index (χ0v) is 15.1. The van der Waals surface area contributed by atoms with E-state index in [1.165, 1.54) is 43.6 Å². The molecule has 1 unspecified atom stereocenters. The van der Waals surface area contributed by atoms with E-state index >= 15 is 0 Å². The Kier molecular flexibility index (Phi) is 5.82. The maximum absolute atomic E-state index is 12.4. The van der Waals surface area contributed by atoms with E-state index < -0.39 is 17.4 Å². The summed E-state index contributed by atoms with van der Waals surface area (Å²) in [5.74, 6) is -1.84. The number of nitrogens with zero attached hydrogens (tertiary/aromatic N) is 1. The second-order valence-electron chi connectivity index (χ2n) is 5.07. The summed E-state index contributed by atoms with van der Waals surface area (Å²) >= 11 is 13.1. The Morgan fingerprint density at radius 2 is 2.08 bits per heavy atom. The number of hydrogen-bond donors (Lipinski definition) is 2. The molecule has 128 valence electrons. The summed E-state index contributed by atoms with van der Waals surface area (Å²) in [7, 11) is 1.52. The molecule has 9 heteroatoms. The lowest BCUT2D eigenvalue weighted by atomic mass is 9.92. The molecule has 6 nitrogen and oxygen atoms in total. The van der Waals surface area contributed by atoms with Gasteiger partial charge in [-0.05, 0) is 24.6 Å². The van der Waals surface area contributed by atoms with E-state index in [-0.39, 0.29) is 17.3 Å². The maximum atomic E-state index is 12.4. The maximum Gasteiger partial charge on any atom is 0.333 e. The molecule has 0 bridgehead atoms. The van der Waals surface area contributed by atoms with Gasteiger partial charge in [-0.1, -0.05) is 29.3 Å². The van der Waals surface area contributed by atoms with Gasteiger partial charge in [0, 0.05) is 12.5 Å². The molecule has 2 rings (SSSR count). The van der Waals surface area contributed by atoms with Gasteiger partial charge < -0.3 is 15.2 Å². The molecule has 0 radical (unpaired) electrons. The van der Waals surface area contributed by atoms with Crippen LogP contribution < -0.4 is 5.32 Å². The molecule has 1 atom stereocenters. The Morgan fingerprint density at radius 3 is 2.67 bits per heavy atom. The number of methoxy groups -OCH3 is 1. The van der Waals surface area contributed by atoms with Gasteiger partial charge in [-0.2, -0.15) is 0 Å². The third kappa shape index (κ3) is 3.87. The van der Waals surface area contributed by atoms with Crippen molar-refractivity contribution in [3.05, 3.63) is 49.9 Å². The predicted molar refractivity (Wildman–Crippen MR) is 91.7 cm³/mol. The van der Waals surface area contributed by atoms with Crippen LogP contribution in [0.5, 0.6) is 0 Å². The first kappa shape index (κ1) is 18.7. The highest BCUT2D eigenvalue weighted by Crippen LogP contribution is 2.29. The van der Waals surface area contributed by atoms with Crippen LogP contribution in [-0.4, -0.2) is 29.1 Å². The third-order valence-electron chi connectivity index (χ3n) is 3.34. The molecule has 2 aromatic rings. The summed E-state index contributed by atoms with van der Waals surface area (Å²) in [4.78, 5) is 28.3. The summed E-state index contributed by atoms with van der Waals surface area (Å²) in [5, 5.41) is 14.8. The van der Waals surface area contributed by atoms with E-state index in [0.29, 0.717) is 15.6 Å². The van der Waals surface area contributed by atoms with Gasteiger partial charge in [-0.3, -0.25) is 4.79 Å². The molecule has 0 fully saturated rings. The number of ether oxygens (including phenoxy) is 1. The molecule has 0 aliphatic carbocycles. The van der Waals surface area contributed by atoms with E-state index in [1.54, 1.807) is 5.38 Å². The van der Waals surface area contributed by atoms with Crippen molar-refractivity contribution < 1.29 is 19.4 Å². The monoisotopic (exact) mass is 388 g/mol. The summed E-state index contributed by atoms with van der Waals surface area (Å²) in [6.07, 6.45) is 0. The minimum atomic E-state index is -1.68. The normalized spacial score (nSPS) is 13.3. The third-order valence-corrected chi connectivity index (χ3v) is 4.90. The molecule has 0 saturated heterocycles. The van der Waals surface area contributed by atoms with Gasteiger partial charge in [0.2, 0.25) is 0 Å². The number of carboxylic acid groups (broad SMARTS) is 1. The predicted octanol–water partition coefficient (Wildman–Crippen LogP) is 3.33. The molecule has 24 heavy (non-hydrogen) atoms. The second-order valence-corrected chi connectivity index (χ2v) is 6.83. The highest BCUT2D eigenvalue weighted by Gasteiger charge is 2.38. The number of carbonyl (C=O) groups is 2. The van der Waals surface area contributed by atoms with Gasteiger partial charge >= 0.3 is 5.97 Å². The molecule has 1 aromatic carbocycles. The molecule has 0 saturated carbocycles. The van der Waals surface area contributed by atoms with Crippen LogP contribution in [0.4, 0.5) is 0 Å². The highest BCUT2D eigenvalue weighted by atomic mass is 35.5. The van der Waals surface area contributed by atoms with Crippen molar-refractivity contribution in [1.29, 1.82) is 0 Å². The highest BCUT2D eigenvalue weighted by molar-refractivity contribution is 7.09. The number of carbonyl (C=O) groups excluding carboxylic acids is 1. The Balaban J connectivity index is 2.31. The first-order valence-electron chi connectivity index (χ1n) is 6.72. The van der Waals surface area contributed by atoms with E-state index in [0.717, 1.165) is 0 Å². The topological polar surface area (TPSA) is 88.5 Å². The Morgan fingerprint density at radius 1 is 1.38 bits per heavy atom. The van der Waals surface area contributed by atoms with Gasteiger partial charge in [0.15, 0.2) is 5.54 Å². The molecular formula is C15H14Cl2N2O4S. The largest absolute Gasteiger partial charge is 0.479 e. The molecule has 0 spiro atoms. The number of thiazole rings is 1. The van der Waals surface area contributed by atoms with Crippen LogP contribution >= 0.6 is 34.5 Å². The van der Waals surface area contributed by atoms with Crippen LogP contribution in [0.2, 0.25) is 10.0 Å². The molecule has 2 N–H and O–H groups in total. The van der Waals surface area contributed by atoms with Gasteiger partial charge in [0.25, 0.3) is 5.91 Å². The fourth-order valence-corrected chi connectivity index (χ4v) is 2.99. The van der Waals surface area contributed by atoms with E-state index in [1.807, 2.05) is 0 Å². The van der Waals surface area contributed by atoms with Crippen LogP contribution in [0.1, 0.15) is 28.0 Å². The first-order valence-corrected chi connectivity index (χ1v) is 8.36. The molecular weight excluding hydrogens is 375 g/mol. The number of carboxylic acids is 1. The number of aliphatic carboxylic acids is 1. The number of nitrogens with one attached hydrogen (secondary N) is 1. The average molecular weight is 389 g/mol. The number of halogens is 2.